The second-order valence-corrected chi connectivity index (χ2v) is 9.22. The van der Waals surface area contributed by atoms with E-state index in [9.17, 15) is 4.79 Å². The van der Waals surface area contributed by atoms with Crippen molar-refractivity contribution in [3.63, 3.8) is 0 Å². The zero-order valence-corrected chi connectivity index (χ0v) is 17.9. The summed E-state index contributed by atoms with van der Waals surface area (Å²) >= 11 is 9.18. The molecule has 0 radical (unpaired) electrons. The van der Waals surface area contributed by atoms with E-state index in [4.69, 9.17) is 16.7 Å². The molecule has 0 unspecified atom stereocenters. The molecule has 1 aliphatic rings. The average Bonchev–Trinajstić information content (AvgIpc) is 3.41. The van der Waals surface area contributed by atoms with Crippen LogP contribution in [0.15, 0.2) is 35.0 Å². The number of piperidine rings is 1. The first-order chi connectivity index (χ1) is 12.7. The molecular weight excluding hydrogens is 421 g/mol. The predicted octanol–water partition coefficient (Wildman–Crippen LogP) is 0.578. The Balaban J connectivity index is 0.00000210. The highest BCUT2D eigenvalue weighted by Crippen LogP contribution is 2.26. The van der Waals surface area contributed by atoms with Gasteiger partial charge in [-0.1, -0.05) is 11.6 Å². The van der Waals surface area contributed by atoms with E-state index in [1.54, 1.807) is 16.0 Å². The van der Waals surface area contributed by atoms with Crippen molar-refractivity contribution in [3.05, 3.63) is 61.2 Å². The smallest absolute Gasteiger partial charge is 0.279 e. The zero-order valence-electron chi connectivity index (χ0n) is 14.7. The van der Waals surface area contributed by atoms with Gasteiger partial charge in [0, 0.05) is 34.7 Å². The molecule has 1 aliphatic heterocycles. The van der Waals surface area contributed by atoms with Gasteiger partial charge >= 0.3 is 0 Å². The summed E-state index contributed by atoms with van der Waals surface area (Å²) in [6.45, 7) is 2.28. The van der Waals surface area contributed by atoms with Gasteiger partial charge in [-0.25, -0.2) is 4.68 Å². The number of carbonyl (C=O) groups excluding carboxylic acids is 1. The van der Waals surface area contributed by atoms with E-state index in [1.807, 2.05) is 22.9 Å². The number of carbonyl (C=O) groups is 1. The summed E-state index contributed by atoms with van der Waals surface area (Å²) in [5.74, 6) is 0.436. The lowest BCUT2D eigenvalue weighted by Gasteiger charge is -2.17. The van der Waals surface area contributed by atoms with Crippen molar-refractivity contribution in [2.24, 2.45) is 0 Å². The number of hydrogen-bond donors (Lipinski definition) is 1. The van der Waals surface area contributed by atoms with Crippen LogP contribution in [0.5, 0.6) is 0 Å². The van der Waals surface area contributed by atoms with Crippen LogP contribution < -0.4 is 17.7 Å². The summed E-state index contributed by atoms with van der Waals surface area (Å²) in [5, 5.41) is 10.9. The quantitative estimate of drug-likeness (QED) is 0.629. The molecule has 0 spiro atoms. The van der Waals surface area contributed by atoms with E-state index in [1.165, 1.54) is 16.2 Å². The number of aromatic nitrogens is 2. The van der Waals surface area contributed by atoms with Gasteiger partial charge < -0.3 is 17.7 Å². The van der Waals surface area contributed by atoms with E-state index in [2.05, 4.69) is 17.4 Å². The van der Waals surface area contributed by atoms with Crippen LogP contribution in [-0.4, -0.2) is 28.8 Å². The van der Waals surface area contributed by atoms with E-state index in [0.29, 0.717) is 11.5 Å². The number of hydrogen-bond acceptors (Lipinski definition) is 4. The number of thiophene rings is 2. The zero-order chi connectivity index (χ0) is 17.9. The lowest BCUT2D eigenvalue weighted by molar-refractivity contribution is -0.663. The van der Waals surface area contributed by atoms with Crippen LogP contribution in [0.3, 0.4) is 0 Å². The van der Waals surface area contributed by atoms with Gasteiger partial charge in [-0.05, 0) is 42.5 Å². The lowest BCUT2D eigenvalue weighted by Crippen LogP contribution is -3.00. The minimum absolute atomic E-state index is 0. The molecule has 3 aromatic rings. The maximum Gasteiger partial charge on any atom is 0.279 e. The topological polar surface area (TPSA) is 51.5 Å². The monoisotopic (exact) mass is 441 g/mol. The average molecular weight is 442 g/mol. The molecule has 2 N–H and O–H groups in total. The fraction of sp³-hybridized carbons (Fsp3) is 0.368. The van der Waals surface area contributed by atoms with Crippen molar-refractivity contribution in [1.82, 2.24) is 9.78 Å². The third-order valence-corrected chi connectivity index (χ3v) is 6.85. The summed E-state index contributed by atoms with van der Waals surface area (Å²) in [7, 11) is 0. The summed E-state index contributed by atoms with van der Waals surface area (Å²) in [6.07, 6.45) is 3.92. The van der Waals surface area contributed by atoms with Crippen LogP contribution >= 0.6 is 34.3 Å². The van der Waals surface area contributed by atoms with Gasteiger partial charge in [0.2, 0.25) is 0 Å². The van der Waals surface area contributed by atoms with Gasteiger partial charge in [-0.2, -0.15) is 16.4 Å². The SMILES string of the molecule is O=C(c1ccsc1)n1nc(C2CC[NH2+]CC2)cc1CCc1ccc(Cl)s1.[Cl-]. The van der Waals surface area contributed by atoms with E-state index < -0.39 is 0 Å². The second kappa shape index (κ2) is 9.34. The number of halogens is 2. The normalized spacial score (nSPS) is 14.9. The molecule has 144 valence electrons. The van der Waals surface area contributed by atoms with Crippen LogP contribution in [0.2, 0.25) is 4.34 Å². The van der Waals surface area contributed by atoms with E-state index in [0.717, 1.165) is 54.5 Å². The Bertz CT molecular complexity index is 883. The third-order valence-electron chi connectivity index (χ3n) is 4.88. The van der Waals surface area contributed by atoms with Crippen LogP contribution in [0.25, 0.3) is 0 Å². The summed E-state index contributed by atoms with van der Waals surface area (Å²) in [6, 6.07) is 8.01. The van der Waals surface area contributed by atoms with Gasteiger partial charge in [0.05, 0.1) is 28.7 Å². The predicted molar refractivity (Wildman–Crippen MR) is 107 cm³/mol. The molecule has 0 aliphatic carbocycles. The van der Waals surface area contributed by atoms with Gasteiger partial charge in [-0.3, -0.25) is 4.79 Å². The molecule has 0 atom stereocenters. The Kier molecular flexibility index (Phi) is 7.11. The highest BCUT2D eigenvalue weighted by atomic mass is 35.5. The van der Waals surface area contributed by atoms with Crippen molar-refractivity contribution < 1.29 is 22.5 Å². The minimum atomic E-state index is -0.0286. The van der Waals surface area contributed by atoms with Crippen LogP contribution in [0.4, 0.5) is 0 Å². The molecule has 27 heavy (non-hydrogen) atoms. The maximum atomic E-state index is 12.9. The Morgan fingerprint density at radius 2 is 2.07 bits per heavy atom. The Labute approximate surface area is 178 Å². The Morgan fingerprint density at radius 1 is 1.26 bits per heavy atom. The summed E-state index contributed by atoms with van der Waals surface area (Å²) in [4.78, 5) is 14.2. The van der Waals surface area contributed by atoms with Crippen molar-refractivity contribution in [2.45, 2.75) is 31.6 Å². The molecule has 8 heteroatoms. The Morgan fingerprint density at radius 3 is 2.74 bits per heavy atom. The van der Waals surface area contributed by atoms with Crippen molar-refractivity contribution >= 4 is 40.2 Å². The maximum absolute atomic E-state index is 12.9. The highest BCUT2D eigenvalue weighted by molar-refractivity contribution is 7.16. The fourth-order valence-corrected chi connectivity index (χ4v) is 5.18. The first-order valence-corrected chi connectivity index (χ1v) is 11.1. The number of nitrogens with zero attached hydrogens (tertiary/aromatic N) is 2. The van der Waals surface area contributed by atoms with Crippen LogP contribution in [-0.2, 0) is 12.8 Å². The first kappa shape index (κ1) is 20.6. The molecular formula is C19H21Cl2N3OS2. The molecule has 4 heterocycles. The Hall–Kier alpha value is -1.18. The molecule has 4 rings (SSSR count). The summed E-state index contributed by atoms with van der Waals surface area (Å²) < 4.78 is 2.44. The van der Waals surface area contributed by atoms with Gasteiger partial charge in [0.15, 0.2) is 0 Å². The molecule has 0 saturated carbocycles. The number of rotatable bonds is 5. The largest absolute Gasteiger partial charge is 1.00 e. The van der Waals surface area contributed by atoms with Crippen LogP contribution in [0.1, 0.15) is 45.4 Å². The van der Waals surface area contributed by atoms with Gasteiger partial charge in [0.25, 0.3) is 5.91 Å². The van der Waals surface area contributed by atoms with E-state index in [-0.39, 0.29) is 18.3 Å². The minimum Gasteiger partial charge on any atom is -1.00 e. The third kappa shape index (κ3) is 4.81. The molecule has 3 aromatic heterocycles. The second-order valence-electron chi connectivity index (χ2n) is 6.64. The van der Waals surface area contributed by atoms with Crippen molar-refractivity contribution in [3.8, 4) is 0 Å². The molecule has 0 amide bonds. The molecule has 0 bridgehead atoms. The number of aryl methyl sites for hydroxylation is 2. The van der Waals surface area contributed by atoms with E-state index >= 15 is 0 Å². The fourth-order valence-electron chi connectivity index (χ4n) is 3.46. The van der Waals surface area contributed by atoms with Gasteiger partial charge in [0.1, 0.15) is 0 Å². The number of quaternary nitrogens is 1. The molecule has 4 nitrogen and oxygen atoms in total. The summed E-state index contributed by atoms with van der Waals surface area (Å²) in [5.41, 5.74) is 2.78. The number of nitrogens with two attached hydrogens (primary N) is 1. The molecule has 0 aromatic carbocycles. The first-order valence-electron chi connectivity index (χ1n) is 8.92. The molecule has 1 saturated heterocycles. The van der Waals surface area contributed by atoms with Crippen LogP contribution in [0, 0.1) is 0 Å². The highest BCUT2D eigenvalue weighted by Gasteiger charge is 2.24. The standard InChI is InChI=1S/C19H20ClN3OS2.ClH/c20-18-4-3-16(26-18)2-1-15-11-17(13-5-8-21-9-6-13)22-23(15)19(24)14-7-10-25-12-14;/h3-4,7,10-13,21H,1-2,5-6,8-9H2;1H. The van der Waals surface area contributed by atoms with Gasteiger partial charge in [-0.15, -0.1) is 11.3 Å². The molecule has 1 fully saturated rings. The lowest BCUT2D eigenvalue weighted by atomic mass is 9.94. The van der Waals surface area contributed by atoms with Crippen molar-refractivity contribution in [2.75, 3.05) is 13.1 Å². The van der Waals surface area contributed by atoms with Crippen molar-refractivity contribution in [1.29, 1.82) is 0 Å².